The van der Waals surface area contributed by atoms with Crippen LogP contribution in [0.15, 0.2) is 0 Å². The van der Waals surface area contributed by atoms with Crippen molar-refractivity contribution in [1.82, 2.24) is 15.1 Å². The van der Waals surface area contributed by atoms with Gasteiger partial charge in [-0.25, -0.2) is 0 Å². The largest absolute Gasteiger partial charge is 0.315 e. The molecule has 3 rings (SSSR count). The Hall–Kier alpha value is -0.120. The number of nitrogens with zero attached hydrogens (tertiary/aromatic N) is 2. The molecular formula is C16H31N3. The van der Waals surface area contributed by atoms with Crippen LogP contribution in [-0.2, 0) is 0 Å². The van der Waals surface area contributed by atoms with E-state index < -0.39 is 0 Å². The third kappa shape index (κ3) is 2.57. The maximum absolute atomic E-state index is 3.65. The van der Waals surface area contributed by atoms with E-state index in [2.05, 4.69) is 36.0 Å². The zero-order valence-electron chi connectivity index (χ0n) is 13.0. The van der Waals surface area contributed by atoms with Crippen LogP contribution in [0.25, 0.3) is 0 Å². The number of hydrogen-bond acceptors (Lipinski definition) is 3. The monoisotopic (exact) mass is 265 g/mol. The van der Waals surface area contributed by atoms with Gasteiger partial charge in [0.05, 0.1) is 0 Å². The lowest BCUT2D eigenvalue weighted by molar-refractivity contribution is 0.00848. The molecule has 0 aromatic heterocycles. The lowest BCUT2D eigenvalue weighted by atomic mass is 9.70. The van der Waals surface area contributed by atoms with E-state index in [-0.39, 0.29) is 0 Å². The van der Waals surface area contributed by atoms with Crippen molar-refractivity contribution in [3.8, 4) is 0 Å². The minimum Gasteiger partial charge on any atom is -0.315 e. The lowest BCUT2D eigenvalue weighted by Gasteiger charge is -2.51. The minimum atomic E-state index is 0.449. The molecule has 1 N–H and O–H groups in total. The van der Waals surface area contributed by atoms with Crippen LogP contribution in [0.5, 0.6) is 0 Å². The first-order valence-electron chi connectivity index (χ1n) is 8.27. The van der Waals surface area contributed by atoms with Gasteiger partial charge < -0.3 is 5.32 Å². The summed E-state index contributed by atoms with van der Waals surface area (Å²) >= 11 is 0. The van der Waals surface area contributed by atoms with Crippen LogP contribution in [-0.4, -0.2) is 61.2 Å². The maximum Gasteiger partial charge on any atom is 0.0271 e. The van der Waals surface area contributed by atoms with Gasteiger partial charge in [-0.05, 0) is 44.7 Å². The summed E-state index contributed by atoms with van der Waals surface area (Å²) in [4.78, 5) is 5.54. The second-order valence-corrected chi connectivity index (χ2v) is 7.54. The SMILES string of the molecule is CNC1C(N2CCN3CCCC3C2)CCCC1(C)C. The molecule has 0 spiro atoms. The van der Waals surface area contributed by atoms with Crippen LogP contribution in [0.4, 0.5) is 0 Å². The van der Waals surface area contributed by atoms with Crippen molar-refractivity contribution >= 4 is 0 Å². The van der Waals surface area contributed by atoms with E-state index in [4.69, 9.17) is 0 Å². The Morgan fingerprint density at radius 1 is 1.00 bits per heavy atom. The van der Waals surface area contributed by atoms with Crippen LogP contribution in [0.3, 0.4) is 0 Å². The van der Waals surface area contributed by atoms with Gasteiger partial charge in [0.15, 0.2) is 0 Å². The van der Waals surface area contributed by atoms with Crippen molar-refractivity contribution in [2.45, 2.75) is 64.1 Å². The molecule has 3 fully saturated rings. The summed E-state index contributed by atoms with van der Waals surface area (Å²) in [7, 11) is 2.16. The van der Waals surface area contributed by atoms with Gasteiger partial charge in [0, 0.05) is 37.8 Å². The summed E-state index contributed by atoms with van der Waals surface area (Å²) in [6, 6.07) is 2.28. The van der Waals surface area contributed by atoms with Crippen molar-refractivity contribution in [2.75, 3.05) is 33.2 Å². The van der Waals surface area contributed by atoms with E-state index in [1.807, 2.05) is 0 Å². The summed E-state index contributed by atoms with van der Waals surface area (Å²) in [5.74, 6) is 0. The smallest absolute Gasteiger partial charge is 0.0271 e. The molecular weight excluding hydrogens is 234 g/mol. The predicted octanol–water partition coefficient (Wildman–Crippen LogP) is 1.93. The van der Waals surface area contributed by atoms with E-state index >= 15 is 0 Å². The van der Waals surface area contributed by atoms with Crippen LogP contribution < -0.4 is 5.32 Å². The molecule has 0 radical (unpaired) electrons. The molecule has 2 heterocycles. The highest BCUT2D eigenvalue weighted by Crippen LogP contribution is 2.38. The van der Waals surface area contributed by atoms with Crippen LogP contribution in [0.1, 0.15) is 46.0 Å². The van der Waals surface area contributed by atoms with Crippen molar-refractivity contribution in [3.05, 3.63) is 0 Å². The highest BCUT2D eigenvalue weighted by Gasteiger charge is 2.42. The molecule has 0 aromatic rings. The molecule has 2 saturated heterocycles. The minimum absolute atomic E-state index is 0.449. The third-order valence-electron chi connectivity index (χ3n) is 5.95. The Kier molecular flexibility index (Phi) is 3.89. The molecule has 2 aliphatic heterocycles. The van der Waals surface area contributed by atoms with E-state index in [1.54, 1.807) is 0 Å². The first-order valence-corrected chi connectivity index (χ1v) is 8.27. The molecule has 3 nitrogen and oxygen atoms in total. The molecule has 3 heteroatoms. The molecule has 110 valence electrons. The molecule has 3 unspecified atom stereocenters. The lowest BCUT2D eigenvalue weighted by Crippen LogP contribution is -2.62. The Morgan fingerprint density at radius 2 is 1.79 bits per heavy atom. The molecule has 1 saturated carbocycles. The molecule has 1 aliphatic carbocycles. The van der Waals surface area contributed by atoms with Crippen LogP contribution >= 0.6 is 0 Å². The molecule has 3 atom stereocenters. The highest BCUT2D eigenvalue weighted by molar-refractivity contribution is 5.00. The Morgan fingerprint density at radius 3 is 2.58 bits per heavy atom. The van der Waals surface area contributed by atoms with Crippen molar-refractivity contribution in [2.24, 2.45) is 5.41 Å². The Labute approximate surface area is 118 Å². The number of likely N-dealkylation sites (N-methyl/N-ethyl adjacent to an activating group) is 1. The first kappa shape index (κ1) is 13.8. The molecule has 3 aliphatic rings. The zero-order chi connectivity index (χ0) is 13.5. The van der Waals surface area contributed by atoms with Gasteiger partial charge in [0.1, 0.15) is 0 Å². The second-order valence-electron chi connectivity index (χ2n) is 7.54. The molecule has 19 heavy (non-hydrogen) atoms. The van der Waals surface area contributed by atoms with Gasteiger partial charge in [-0.2, -0.15) is 0 Å². The predicted molar refractivity (Wildman–Crippen MR) is 80.4 cm³/mol. The summed E-state index contributed by atoms with van der Waals surface area (Å²) in [6.07, 6.45) is 7.02. The van der Waals surface area contributed by atoms with Crippen molar-refractivity contribution in [3.63, 3.8) is 0 Å². The van der Waals surface area contributed by atoms with Crippen LogP contribution in [0, 0.1) is 5.41 Å². The van der Waals surface area contributed by atoms with Crippen molar-refractivity contribution in [1.29, 1.82) is 0 Å². The zero-order valence-corrected chi connectivity index (χ0v) is 13.0. The average molecular weight is 265 g/mol. The third-order valence-corrected chi connectivity index (χ3v) is 5.95. The van der Waals surface area contributed by atoms with Gasteiger partial charge in [-0.3, -0.25) is 9.80 Å². The summed E-state index contributed by atoms with van der Waals surface area (Å²) in [5, 5.41) is 3.65. The number of piperazine rings is 1. The highest BCUT2D eigenvalue weighted by atomic mass is 15.3. The summed E-state index contributed by atoms with van der Waals surface area (Å²) < 4.78 is 0. The molecule has 0 amide bonds. The van der Waals surface area contributed by atoms with Gasteiger partial charge in [-0.1, -0.05) is 20.3 Å². The van der Waals surface area contributed by atoms with E-state index in [1.165, 1.54) is 58.3 Å². The summed E-state index contributed by atoms with van der Waals surface area (Å²) in [5.41, 5.74) is 0.449. The normalized spacial score (nSPS) is 40.3. The van der Waals surface area contributed by atoms with E-state index in [9.17, 15) is 0 Å². The Bertz CT molecular complexity index is 315. The van der Waals surface area contributed by atoms with Crippen LogP contribution in [0.2, 0.25) is 0 Å². The Balaban J connectivity index is 1.70. The summed E-state index contributed by atoms with van der Waals surface area (Å²) in [6.45, 7) is 10.2. The first-order chi connectivity index (χ1) is 9.12. The number of nitrogens with one attached hydrogen (secondary N) is 1. The average Bonchev–Trinajstić information content (AvgIpc) is 2.84. The van der Waals surface area contributed by atoms with Crippen molar-refractivity contribution < 1.29 is 0 Å². The quantitative estimate of drug-likeness (QED) is 0.823. The fourth-order valence-electron chi connectivity index (χ4n) is 4.90. The maximum atomic E-state index is 3.65. The topological polar surface area (TPSA) is 18.5 Å². The van der Waals surface area contributed by atoms with Gasteiger partial charge in [0.2, 0.25) is 0 Å². The van der Waals surface area contributed by atoms with E-state index in [0.29, 0.717) is 11.5 Å². The number of hydrogen-bond donors (Lipinski definition) is 1. The molecule has 0 aromatic carbocycles. The fourth-order valence-corrected chi connectivity index (χ4v) is 4.90. The van der Waals surface area contributed by atoms with Gasteiger partial charge in [0.25, 0.3) is 0 Å². The van der Waals surface area contributed by atoms with Gasteiger partial charge in [-0.15, -0.1) is 0 Å². The second kappa shape index (κ2) is 5.34. The standard InChI is InChI=1S/C16H31N3/c1-16(2)8-4-7-14(15(16)17-3)19-11-10-18-9-5-6-13(18)12-19/h13-15,17H,4-12H2,1-3H3. The number of rotatable bonds is 2. The fraction of sp³-hybridized carbons (Fsp3) is 1.00. The molecule has 0 bridgehead atoms. The number of fused-ring (bicyclic) bond motifs is 1. The van der Waals surface area contributed by atoms with E-state index in [0.717, 1.165) is 12.1 Å². The van der Waals surface area contributed by atoms with Gasteiger partial charge >= 0.3 is 0 Å².